The fourth-order valence-electron chi connectivity index (χ4n) is 8.25. The highest BCUT2D eigenvalue weighted by molar-refractivity contribution is 6.22. The fourth-order valence-corrected chi connectivity index (χ4v) is 8.25. The first-order valence-corrected chi connectivity index (χ1v) is 18.7. The maximum atomic E-state index is 2.43. The molecule has 0 saturated heterocycles. The van der Waals surface area contributed by atoms with Gasteiger partial charge in [0.25, 0.3) is 0 Å². The zero-order valence-electron chi connectivity index (χ0n) is 29.8. The zero-order chi connectivity index (χ0) is 35.8. The minimum absolute atomic E-state index is 1.19. The SMILES string of the molecule is c1ccc(-c2cccc(-c3ccc(-c4ccc5cc(-c6ccccc6)ccc5c4)c(-c4c5ccccc5c(-c5ccccc5)c5ccccc45)c3)c2)cc1. The summed E-state index contributed by atoms with van der Waals surface area (Å²) in [4.78, 5) is 0. The molecule has 10 aromatic rings. The van der Waals surface area contributed by atoms with Crippen molar-refractivity contribution in [2.24, 2.45) is 0 Å². The van der Waals surface area contributed by atoms with Crippen LogP contribution in [0.15, 0.2) is 218 Å². The summed E-state index contributed by atoms with van der Waals surface area (Å²) in [6.45, 7) is 0. The van der Waals surface area contributed by atoms with E-state index in [0.717, 1.165) is 0 Å². The Morgan fingerprint density at radius 2 is 0.574 bits per heavy atom. The van der Waals surface area contributed by atoms with Gasteiger partial charge in [0.2, 0.25) is 0 Å². The van der Waals surface area contributed by atoms with Gasteiger partial charge in [-0.15, -0.1) is 0 Å². The molecule has 0 nitrogen and oxygen atoms in total. The molecule has 0 heterocycles. The van der Waals surface area contributed by atoms with Crippen molar-refractivity contribution in [1.29, 1.82) is 0 Å². The highest BCUT2D eigenvalue weighted by Crippen LogP contribution is 2.47. The third-order valence-electron chi connectivity index (χ3n) is 10.8. The first kappa shape index (κ1) is 31.7. The summed E-state index contributed by atoms with van der Waals surface area (Å²) in [5, 5.41) is 7.48. The second kappa shape index (κ2) is 13.5. The molecule has 0 saturated carbocycles. The third-order valence-corrected chi connectivity index (χ3v) is 10.8. The highest BCUT2D eigenvalue weighted by Gasteiger charge is 2.20. The van der Waals surface area contributed by atoms with Crippen LogP contribution >= 0.6 is 0 Å². The van der Waals surface area contributed by atoms with Gasteiger partial charge in [-0.1, -0.05) is 194 Å². The summed E-state index contributed by atoms with van der Waals surface area (Å²) in [6.07, 6.45) is 0. The van der Waals surface area contributed by atoms with Gasteiger partial charge in [0.1, 0.15) is 0 Å². The molecule has 0 amide bonds. The van der Waals surface area contributed by atoms with Gasteiger partial charge < -0.3 is 0 Å². The van der Waals surface area contributed by atoms with E-state index in [2.05, 4.69) is 218 Å². The third kappa shape index (κ3) is 5.66. The van der Waals surface area contributed by atoms with E-state index in [0.29, 0.717) is 0 Å². The second-order valence-electron chi connectivity index (χ2n) is 14.1. The van der Waals surface area contributed by atoms with Crippen LogP contribution in [0.3, 0.4) is 0 Å². The van der Waals surface area contributed by atoms with E-state index in [-0.39, 0.29) is 0 Å². The maximum Gasteiger partial charge on any atom is -0.00199 e. The summed E-state index contributed by atoms with van der Waals surface area (Å²) >= 11 is 0. The van der Waals surface area contributed by atoms with Crippen LogP contribution < -0.4 is 0 Å². The monoisotopic (exact) mass is 684 g/mol. The van der Waals surface area contributed by atoms with Crippen LogP contribution in [0, 0.1) is 0 Å². The molecule has 0 unspecified atom stereocenters. The van der Waals surface area contributed by atoms with Crippen LogP contribution in [0.1, 0.15) is 0 Å². The van der Waals surface area contributed by atoms with E-state index in [1.54, 1.807) is 0 Å². The van der Waals surface area contributed by atoms with Crippen LogP contribution in [0.5, 0.6) is 0 Å². The molecule has 0 aliphatic heterocycles. The molecule has 0 aliphatic carbocycles. The summed E-state index contributed by atoms with van der Waals surface area (Å²) in [5.74, 6) is 0. The molecule has 0 radical (unpaired) electrons. The van der Waals surface area contributed by atoms with Crippen molar-refractivity contribution >= 4 is 32.3 Å². The normalized spacial score (nSPS) is 11.3. The van der Waals surface area contributed by atoms with Crippen molar-refractivity contribution in [3.63, 3.8) is 0 Å². The Kier molecular flexibility index (Phi) is 7.93. The van der Waals surface area contributed by atoms with Crippen LogP contribution in [-0.4, -0.2) is 0 Å². The molecule has 0 heteroatoms. The van der Waals surface area contributed by atoms with Gasteiger partial charge in [-0.3, -0.25) is 0 Å². The number of rotatable bonds is 6. The Labute approximate surface area is 316 Å². The molecule has 0 aliphatic rings. The van der Waals surface area contributed by atoms with Gasteiger partial charge in [0.05, 0.1) is 0 Å². The molecule has 0 N–H and O–H groups in total. The van der Waals surface area contributed by atoms with Crippen LogP contribution in [-0.2, 0) is 0 Å². The maximum absolute atomic E-state index is 2.43. The van der Waals surface area contributed by atoms with Gasteiger partial charge in [0, 0.05) is 0 Å². The second-order valence-corrected chi connectivity index (χ2v) is 14.1. The minimum atomic E-state index is 1.19. The first-order valence-electron chi connectivity index (χ1n) is 18.7. The Morgan fingerprint density at radius 3 is 1.15 bits per heavy atom. The molecule has 252 valence electrons. The van der Waals surface area contributed by atoms with Crippen molar-refractivity contribution in [1.82, 2.24) is 0 Å². The average Bonchev–Trinajstić information content (AvgIpc) is 3.26. The zero-order valence-corrected chi connectivity index (χ0v) is 29.8. The number of benzene rings is 10. The van der Waals surface area contributed by atoms with Crippen molar-refractivity contribution in [2.45, 2.75) is 0 Å². The Balaban J connectivity index is 1.23. The lowest BCUT2D eigenvalue weighted by Crippen LogP contribution is -1.94. The predicted molar refractivity (Wildman–Crippen MR) is 232 cm³/mol. The number of hydrogen-bond donors (Lipinski definition) is 0. The first-order chi connectivity index (χ1) is 26.8. The van der Waals surface area contributed by atoms with E-state index < -0.39 is 0 Å². The predicted octanol–water partition coefficient (Wildman–Crippen LogP) is 15.1. The van der Waals surface area contributed by atoms with E-state index in [1.807, 2.05) is 0 Å². The van der Waals surface area contributed by atoms with E-state index in [4.69, 9.17) is 0 Å². The summed E-state index contributed by atoms with van der Waals surface area (Å²) in [7, 11) is 0. The van der Waals surface area contributed by atoms with Crippen molar-refractivity contribution in [3.8, 4) is 66.8 Å². The average molecular weight is 685 g/mol. The Morgan fingerprint density at radius 1 is 0.185 bits per heavy atom. The van der Waals surface area contributed by atoms with E-state index >= 15 is 0 Å². The topological polar surface area (TPSA) is 0 Å². The quantitative estimate of drug-likeness (QED) is 0.153. The Bertz CT molecular complexity index is 2900. The molecule has 0 bridgehead atoms. The molecule has 0 spiro atoms. The van der Waals surface area contributed by atoms with Gasteiger partial charge >= 0.3 is 0 Å². The Hall–Kier alpha value is -7.02. The summed E-state index contributed by atoms with van der Waals surface area (Å²) < 4.78 is 0. The van der Waals surface area contributed by atoms with Gasteiger partial charge in [0.15, 0.2) is 0 Å². The molecular formula is C54H36. The fraction of sp³-hybridized carbons (Fsp3) is 0. The standard InChI is InChI=1S/C54H36/c1-4-15-37(16-5-1)40-21-14-22-41(33-40)45-31-32-47(46-30-29-43-34-42(27-28-44(43)35-46)38-17-6-2-7-18-38)52(36-45)54-50-25-12-10-23-48(50)53(39-19-8-3-9-20-39)49-24-11-13-26-51(49)54/h1-36H. The lowest BCUT2D eigenvalue weighted by atomic mass is 9.82. The van der Waals surface area contributed by atoms with Crippen molar-refractivity contribution in [3.05, 3.63) is 218 Å². The molecule has 0 fully saturated rings. The van der Waals surface area contributed by atoms with Crippen LogP contribution in [0.25, 0.3) is 99.1 Å². The summed E-state index contributed by atoms with van der Waals surface area (Å²) in [6, 6.07) is 79.8. The molecular weight excluding hydrogens is 649 g/mol. The van der Waals surface area contributed by atoms with Crippen LogP contribution in [0.4, 0.5) is 0 Å². The molecule has 0 atom stereocenters. The smallest absolute Gasteiger partial charge is 0.00199 e. The molecule has 54 heavy (non-hydrogen) atoms. The largest absolute Gasteiger partial charge is 0.0622 e. The number of fused-ring (bicyclic) bond motifs is 3. The van der Waals surface area contributed by atoms with E-state index in [1.165, 1.54) is 99.1 Å². The van der Waals surface area contributed by atoms with Crippen molar-refractivity contribution in [2.75, 3.05) is 0 Å². The van der Waals surface area contributed by atoms with Gasteiger partial charge in [-0.2, -0.15) is 0 Å². The van der Waals surface area contributed by atoms with Gasteiger partial charge in [-0.25, -0.2) is 0 Å². The highest BCUT2D eigenvalue weighted by atomic mass is 14.2. The lowest BCUT2D eigenvalue weighted by molar-refractivity contribution is 1.57. The van der Waals surface area contributed by atoms with Gasteiger partial charge in [-0.05, 0) is 123 Å². The molecule has 10 rings (SSSR count). The number of hydrogen-bond acceptors (Lipinski definition) is 0. The van der Waals surface area contributed by atoms with E-state index in [9.17, 15) is 0 Å². The van der Waals surface area contributed by atoms with Crippen LogP contribution in [0.2, 0.25) is 0 Å². The lowest BCUT2D eigenvalue weighted by Gasteiger charge is -2.21. The molecule has 0 aromatic heterocycles. The minimum Gasteiger partial charge on any atom is -0.0622 e. The summed E-state index contributed by atoms with van der Waals surface area (Å²) in [5.41, 5.74) is 14.7. The van der Waals surface area contributed by atoms with Crippen molar-refractivity contribution < 1.29 is 0 Å². The molecule has 10 aromatic carbocycles.